The van der Waals surface area contributed by atoms with Gasteiger partial charge in [-0.15, -0.1) is 0 Å². The van der Waals surface area contributed by atoms with Crippen LogP contribution in [-0.2, 0) is 0 Å². The van der Waals surface area contributed by atoms with Gasteiger partial charge >= 0.3 is 16.6 Å². The van der Waals surface area contributed by atoms with E-state index < -0.39 is 16.6 Å². The van der Waals surface area contributed by atoms with Crippen LogP contribution in [0, 0.1) is 0 Å². The average molecular weight is 964 g/mol. The topological polar surface area (TPSA) is 52.6 Å². The lowest BCUT2D eigenvalue weighted by Gasteiger charge is -2.37. The molecule has 1 aliphatic carbocycles. The molecule has 4 nitrogen and oxygen atoms in total. The van der Waals surface area contributed by atoms with Crippen LogP contribution in [0.2, 0.25) is 30.1 Å². The van der Waals surface area contributed by atoms with Gasteiger partial charge in [0.1, 0.15) is 11.5 Å². The summed E-state index contributed by atoms with van der Waals surface area (Å²) in [6.07, 6.45) is 0. The van der Waals surface area contributed by atoms with Gasteiger partial charge in [-0.3, -0.25) is 9.59 Å². The quantitative estimate of drug-likeness (QED) is 0.101. The van der Waals surface area contributed by atoms with Gasteiger partial charge in [-0.2, -0.15) is 0 Å². The number of hydrogen-bond donors (Lipinski definition) is 0. The van der Waals surface area contributed by atoms with Gasteiger partial charge in [-0.1, -0.05) is 167 Å². The maximum atomic E-state index is 14.5. The molecule has 0 spiro atoms. The number of benzene rings is 8. The lowest BCUT2D eigenvalue weighted by molar-refractivity contribution is 0.0978. The molecular weight excluding hydrogens is 933 g/mol. The summed E-state index contributed by atoms with van der Waals surface area (Å²) in [6, 6.07) is 55.2. The van der Waals surface area contributed by atoms with Gasteiger partial charge in [0, 0.05) is 52.4 Å². The molecule has 8 aromatic carbocycles. The molecule has 0 radical (unpaired) electrons. The van der Waals surface area contributed by atoms with Gasteiger partial charge in [0.05, 0.1) is 0 Å². The normalized spacial score (nSPS) is 12.4. The van der Waals surface area contributed by atoms with E-state index in [-0.39, 0.29) is 34.2 Å². The first-order valence-corrected chi connectivity index (χ1v) is 25.4. The van der Waals surface area contributed by atoms with E-state index in [4.69, 9.17) is 78.5 Å². The Kier molecular flexibility index (Phi) is 11.7. The molecule has 0 saturated heterocycles. The van der Waals surface area contributed by atoms with E-state index in [0.29, 0.717) is 41.3 Å². The van der Waals surface area contributed by atoms with Gasteiger partial charge < -0.3 is 8.85 Å². The van der Waals surface area contributed by atoms with Crippen LogP contribution >= 0.6 is 69.6 Å². The molecule has 0 bridgehead atoms. The Morgan fingerprint density at radius 1 is 0.290 bits per heavy atom. The third-order valence-electron chi connectivity index (χ3n) is 11.0. The zero-order valence-corrected chi connectivity index (χ0v) is 38.8. The minimum atomic E-state index is -3.75. The van der Waals surface area contributed by atoms with Crippen LogP contribution in [0.4, 0.5) is 0 Å². The van der Waals surface area contributed by atoms with Crippen LogP contribution in [0.1, 0.15) is 31.8 Å². The maximum Gasteiger partial charge on any atom is 0.347 e. The Balaban J connectivity index is 1.38. The second kappa shape index (κ2) is 17.2. The van der Waals surface area contributed by atoms with Crippen LogP contribution in [0.15, 0.2) is 182 Å². The Labute approximate surface area is 390 Å². The Morgan fingerprint density at radius 3 is 0.710 bits per heavy atom. The standard InChI is InChI=1S/C50H30Cl6O4Si2/c51-31-5-17-37(18-6-31)61(38-19-7-32(52)8-20-38,39-21-9-33(53)10-22-39)59-47-29-45-46(50(58)44-4-2-1-3-43(44)49(45)57)30-48(47)60-62(40-23-11-34(54)12-24-40,41-25-13-35(55)14-26-41)42-27-15-36(56)16-28-42/h1-30H. The van der Waals surface area contributed by atoms with E-state index in [2.05, 4.69) is 0 Å². The first-order valence-electron chi connectivity index (χ1n) is 19.3. The predicted octanol–water partition coefficient (Wildman–Crippen LogP) is 10.5. The van der Waals surface area contributed by atoms with Gasteiger partial charge in [0.25, 0.3) is 0 Å². The van der Waals surface area contributed by atoms with Crippen molar-refractivity contribution in [2.24, 2.45) is 0 Å². The minimum absolute atomic E-state index is 0.180. The molecule has 0 aromatic heterocycles. The number of rotatable bonds is 10. The van der Waals surface area contributed by atoms with Crippen molar-refractivity contribution in [2.75, 3.05) is 0 Å². The molecule has 62 heavy (non-hydrogen) atoms. The first kappa shape index (κ1) is 42.2. The number of hydrogen-bond acceptors (Lipinski definition) is 4. The van der Waals surface area contributed by atoms with Crippen molar-refractivity contribution in [1.82, 2.24) is 0 Å². The van der Waals surface area contributed by atoms with E-state index in [0.717, 1.165) is 31.1 Å². The van der Waals surface area contributed by atoms with Gasteiger partial charge in [0.2, 0.25) is 0 Å². The molecule has 0 heterocycles. The fourth-order valence-corrected chi connectivity index (χ4v) is 16.3. The monoisotopic (exact) mass is 960 g/mol. The Morgan fingerprint density at radius 2 is 0.500 bits per heavy atom. The molecule has 0 amide bonds. The molecule has 1 aliphatic rings. The predicted molar refractivity (Wildman–Crippen MR) is 259 cm³/mol. The number of halogens is 6. The van der Waals surface area contributed by atoms with E-state index in [1.54, 1.807) is 36.4 Å². The first-order chi connectivity index (χ1) is 30.0. The van der Waals surface area contributed by atoms with Crippen molar-refractivity contribution < 1.29 is 18.4 Å². The fourth-order valence-electron chi connectivity index (χ4n) is 8.06. The lowest BCUT2D eigenvalue weighted by atomic mass is 9.84. The van der Waals surface area contributed by atoms with Crippen LogP contribution in [-0.4, -0.2) is 28.2 Å². The SMILES string of the molecule is O=C1c2ccccc2C(=O)c2cc(O[Si](c3ccc(Cl)cc3)(c3ccc(Cl)cc3)c3ccc(Cl)cc3)c(O[Si](c3ccc(Cl)cc3)(c3ccc(Cl)cc3)c3ccc(Cl)cc3)cc21. The van der Waals surface area contributed by atoms with Crippen LogP contribution < -0.4 is 40.0 Å². The number of carbonyl (C=O) groups excluding carboxylic acids is 2. The summed E-state index contributed by atoms with van der Waals surface area (Å²) < 4.78 is 15.5. The summed E-state index contributed by atoms with van der Waals surface area (Å²) >= 11 is 39.2. The van der Waals surface area contributed by atoms with E-state index in [1.807, 2.05) is 146 Å². The average Bonchev–Trinajstić information content (AvgIpc) is 3.28. The van der Waals surface area contributed by atoms with Gasteiger partial charge in [-0.25, -0.2) is 0 Å². The zero-order valence-electron chi connectivity index (χ0n) is 32.2. The molecular formula is C50H30Cl6O4Si2. The van der Waals surface area contributed by atoms with Crippen molar-refractivity contribution >= 4 is 129 Å². The zero-order chi connectivity index (χ0) is 43.2. The van der Waals surface area contributed by atoms with Crippen LogP contribution in [0.3, 0.4) is 0 Å². The molecule has 0 aliphatic heterocycles. The molecule has 8 aromatic rings. The summed E-state index contributed by atoms with van der Waals surface area (Å²) in [5.41, 5.74) is 0.958. The van der Waals surface area contributed by atoms with E-state index in [1.165, 1.54) is 0 Å². The molecule has 0 unspecified atom stereocenters. The summed E-state index contributed by atoms with van der Waals surface area (Å²) in [7, 11) is -7.49. The minimum Gasteiger partial charge on any atom is -0.528 e. The van der Waals surface area contributed by atoms with E-state index in [9.17, 15) is 9.59 Å². The summed E-state index contributed by atoms with van der Waals surface area (Å²) in [4.78, 5) is 29.1. The third-order valence-corrected chi connectivity index (χ3v) is 20.5. The van der Waals surface area contributed by atoms with Crippen molar-refractivity contribution in [1.29, 1.82) is 0 Å². The van der Waals surface area contributed by atoms with Crippen molar-refractivity contribution in [3.05, 3.63) is 234 Å². The third kappa shape index (κ3) is 7.69. The highest BCUT2D eigenvalue weighted by Gasteiger charge is 2.48. The molecule has 9 rings (SSSR count). The Hall–Kier alpha value is -5.13. The summed E-state index contributed by atoms with van der Waals surface area (Å²) in [5.74, 6) is -0.186. The molecule has 0 fully saturated rings. The van der Waals surface area contributed by atoms with Gasteiger partial charge in [0.15, 0.2) is 11.6 Å². The highest BCUT2D eigenvalue weighted by molar-refractivity contribution is 7.08. The smallest absolute Gasteiger partial charge is 0.347 e. The van der Waals surface area contributed by atoms with Crippen molar-refractivity contribution in [2.45, 2.75) is 0 Å². The summed E-state index contributed by atoms with van der Waals surface area (Å²) in [6.45, 7) is 0. The molecule has 0 atom stereocenters. The number of fused-ring (bicyclic) bond motifs is 2. The van der Waals surface area contributed by atoms with Gasteiger partial charge in [-0.05, 0) is 116 Å². The number of carbonyl (C=O) groups is 2. The van der Waals surface area contributed by atoms with Crippen LogP contribution in [0.5, 0.6) is 11.5 Å². The molecule has 0 saturated carbocycles. The fraction of sp³-hybridized carbons (Fsp3) is 0. The lowest BCUT2D eigenvalue weighted by Crippen LogP contribution is -2.72. The maximum absolute atomic E-state index is 14.5. The second-order valence-corrected chi connectivity index (χ2v) is 23.9. The van der Waals surface area contributed by atoms with Crippen LogP contribution in [0.25, 0.3) is 0 Å². The highest BCUT2D eigenvalue weighted by Crippen LogP contribution is 2.39. The number of ketones is 2. The van der Waals surface area contributed by atoms with Crippen molar-refractivity contribution in [3.63, 3.8) is 0 Å². The molecule has 0 N–H and O–H groups in total. The largest absolute Gasteiger partial charge is 0.528 e. The molecule has 304 valence electrons. The second-order valence-electron chi connectivity index (χ2n) is 14.7. The highest BCUT2D eigenvalue weighted by atomic mass is 35.5. The van der Waals surface area contributed by atoms with E-state index >= 15 is 0 Å². The van der Waals surface area contributed by atoms with Crippen molar-refractivity contribution in [3.8, 4) is 11.5 Å². The Bertz CT molecular complexity index is 2550. The summed E-state index contributed by atoms with van der Waals surface area (Å²) in [5, 5.41) is 8.13. The molecule has 12 heteroatoms.